The number of phenolic OH excluding ortho intramolecular Hbond substituents is 1. The summed E-state index contributed by atoms with van der Waals surface area (Å²) < 4.78 is 25.9. The van der Waals surface area contributed by atoms with Gasteiger partial charge in [0, 0.05) is 47.9 Å². The molecule has 2 saturated heterocycles. The van der Waals surface area contributed by atoms with Crippen LogP contribution in [0.15, 0.2) is 60.8 Å². The molecule has 0 radical (unpaired) electrons. The number of aromatic hydroxyl groups is 1. The highest BCUT2D eigenvalue weighted by molar-refractivity contribution is 6.02. The normalized spacial score (nSPS) is 16.3. The SMILES string of the molecule is N#Cc1cccc(-c2ccc3ncc(-c4cc(F)cc(OC5COC5)c4)c(N4CCC(N)CC4)c3c2)c1O. The maximum Gasteiger partial charge on any atom is 0.145 e. The first-order valence-electron chi connectivity index (χ1n) is 12.7. The molecule has 2 aliphatic heterocycles. The minimum absolute atomic E-state index is 0.0594. The summed E-state index contributed by atoms with van der Waals surface area (Å²) in [7, 11) is 0. The van der Waals surface area contributed by atoms with Crippen LogP contribution in [0.3, 0.4) is 0 Å². The summed E-state index contributed by atoms with van der Waals surface area (Å²) >= 11 is 0. The smallest absolute Gasteiger partial charge is 0.145 e. The maximum atomic E-state index is 14.8. The number of halogens is 1. The number of nitrogens with two attached hydrogens (primary N) is 1. The highest BCUT2D eigenvalue weighted by Crippen LogP contribution is 2.41. The van der Waals surface area contributed by atoms with Gasteiger partial charge in [0.05, 0.1) is 30.0 Å². The van der Waals surface area contributed by atoms with Crippen LogP contribution in [0.1, 0.15) is 18.4 Å². The van der Waals surface area contributed by atoms with Gasteiger partial charge in [-0.15, -0.1) is 0 Å². The average molecular weight is 511 g/mol. The lowest BCUT2D eigenvalue weighted by Gasteiger charge is -2.34. The molecule has 3 heterocycles. The van der Waals surface area contributed by atoms with Crippen molar-refractivity contribution >= 4 is 16.6 Å². The molecule has 3 N–H and O–H groups in total. The van der Waals surface area contributed by atoms with Gasteiger partial charge in [0.2, 0.25) is 0 Å². The van der Waals surface area contributed by atoms with Gasteiger partial charge in [-0.05, 0) is 54.3 Å². The number of hydrogen-bond acceptors (Lipinski definition) is 7. The molecule has 2 fully saturated rings. The molecule has 38 heavy (non-hydrogen) atoms. The van der Waals surface area contributed by atoms with Crippen molar-refractivity contribution < 1.29 is 19.0 Å². The molecule has 0 atom stereocenters. The van der Waals surface area contributed by atoms with Crippen molar-refractivity contribution in [3.05, 3.63) is 72.2 Å². The molecule has 1 aromatic heterocycles. The largest absolute Gasteiger partial charge is 0.506 e. The van der Waals surface area contributed by atoms with E-state index in [1.165, 1.54) is 12.1 Å². The van der Waals surface area contributed by atoms with Crippen molar-refractivity contribution in [3.8, 4) is 39.8 Å². The van der Waals surface area contributed by atoms with E-state index in [2.05, 4.69) is 4.90 Å². The average Bonchev–Trinajstić information content (AvgIpc) is 2.90. The molecular formula is C30H27FN4O3. The van der Waals surface area contributed by atoms with E-state index in [1.807, 2.05) is 30.3 Å². The number of nitriles is 1. The van der Waals surface area contributed by atoms with Crippen molar-refractivity contribution in [1.29, 1.82) is 5.26 Å². The number of ether oxygens (including phenoxy) is 2. The van der Waals surface area contributed by atoms with Gasteiger partial charge in [0.15, 0.2) is 0 Å². The van der Waals surface area contributed by atoms with Gasteiger partial charge in [-0.1, -0.05) is 18.2 Å². The number of aromatic nitrogens is 1. The molecule has 4 aromatic rings. The predicted octanol–water partition coefficient (Wildman–Crippen LogP) is 4.99. The van der Waals surface area contributed by atoms with Gasteiger partial charge >= 0.3 is 0 Å². The summed E-state index contributed by atoms with van der Waals surface area (Å²) in [4.78, 5) is 7.00. The fourth-order valence-electron chi connectivity index (χ4n) is 5.15. The molecule has 0 spiro atoms. The van der Waals surface area contributed by atoms with Crippen LogP contribution in [0.25, 0.3) is 33.2 Å². The van der Waals surface area contributed by atoms with Crippen LogP contribution in [-0.2, 0) is 4.74 Å². The van der Waals surface area contributed by atoms with Crippen LogP contribution in [0.4, 0.5) is 10.1 Å². The lowest BCUT2D eigenvalue weighted by Crippen LogP contribution is -2.40. The summed E-state index contributed by atoms with van der Waals surface area (Å²) in [6, 6.07) is 17.8. The molecule has 8 heteroatoms. The lowest BCUT2D eigenvalue weighted by molar-refractivity contribution is -0.0797. The molecule has 0 amide bonds. The molecule has 6 rings (SSSR count). The molecular weight excluding hydrogens is 483 g/mol. The number of phenols is 1. The second-order valence-corrected chi connectivity index (χ2v) is 9.84. The summed E-state index contributed by atoms with van der Waals surface area (Å²) in [6.07, 6.45) is 3.38. The Morgan fingerprint density at radius 2 is 1.87 bits per heavy atom. The first-order valence-corrected chi connectivity index (χ1v) is 12.7. The number of pyridine rings is 1. The molecule has 0 saturated carbocycles. The first-order chi connectivity index (χ1) is 18.5. The minimum atomic E-state index is -0.392. The van der Waals surface area contributed by atoms with Gasteiger partial charge in [-0.25, -0.2) is 4.39 Å². The molecule has 192 valence electrons. The number of fused-ring (bicyclic) bond motifs is 1. The summed E-state index contributed by atoms with van der Waals surface area (Å²) in [5.41, 5.74) is 10.9. The Morgan fingerprint density at radius 1 is 1.05 bits per heavy atom. The number of hydrogen-bond donors (Lipinski definition) is 2. The highest BCUT2D eigenvalue weighted by atomic mass is 19.1. The molecule has 3 aromatic carbocycles. The monoisotopic (exact) mass is 510 g/mol. The zero-order valence-electron chi connectivity index (χ0n) is 20.7. The van der Waals surface area contributed by atoms with Gasteiger partial charge in [0.25, 0.3) is 0 Å². The molecule has 0 aliphatic carbocycles. The van der Waals surface area contributed by atoms with Crippen LogP contribution in [0, 0.1) is 17.1 Å². The number of rotatable bonds is 5. The number of para-hydroxylation sites is 1. The Hall–Kier alpha value is -4.19. The molecule has 2 aliphatic rings. The van der Waals surface area contributed by atoms with Crippen LogP contribution in [0.5, 0.6) is 11.5 Å². The van der Waals surface area contributed by atoms with Gasteiger partial charge in [-0.3, -0.25) is 4.98 Å². The lowest BCUT2D eigenvalue weighted by atomic mass is 9.95. The minimum Gasteiger partial charge on any atom is -0.506 e. The first kappa shape index (κ1) is 24.2. The fraction of sp³-hybridized carbons (Fsp3) is 0.267. The van der Waals surface area contributed by atoms with Crippen molar-refractivity contribution in [1.82, 2.24) is 4.98 Å². The zero-order valence-corrected chi connectivity index (χ0v) is 20.7. The van der Waals surface area contributed by atoms with Gasteiger partial charge in [0.1, 0.15) is 29.5 Å². The van der Waals surface area contributed by atoms with Crippen LogP contribution in [0.2, 0.25) is 0 Å². The van der Waals surface area contributed by atoms with Gasteiger partial charge < -0.3 is 25.2 Å². The van der Waals surface area contributed by atoms with Crippen molar-refractivity contribution in [3.63, 3.8) is 0 Å². The number of piperidine rings is 1. The van der Waals surface area contributed by atoms with E-state index in [9.17, 15) is 14.8 Å². The van der Waals surface area contributed by atoms with E-state index >= 15 is 0 Å². The van der Waals surface area contributed by atoms with E-state index < -0.39 is 5.82 Å². The summed E-state index contributed by atoms with van der Waals surface area (Å²) in [5.74, 6) is -0.000642. The third-order valence-electron chi connectivity index (χ3n) is 7.26. The highest BCUT2D eigenvalue weighted by Gasteiger charge is 2.24. The quantitative estimate of drug-likeness (QED) is 0.390. The Morgan fingerprint density at radius 3 is 2.61 bits per heavy atom. The second kappa shape index (κ2) is 9.93. The zero-order chi connectivity index (χ0) is 26.2. The van der Waals surface area contributed by atoms with E-state index in [4.69, 9.17) is 20.2 Å². The fourth-order valence-corrected chi connectivity index (χ4v) is 5.15. The second-order valence-electron chi connectivity index (χ2n) is 9.84. The Bertz CT molecular complexity index is 1560. The molecule has 0 bridgehead atoms. The van der Waals surface area contributed by atoms with E-state index in [-0.39, 0.29) is 23.5 Å². The predicted molar refractivity (Wildman–Crippen MR) is 144 cm³/mol. The van der Waals surface area contributed by atoms with Gasteiger partial charge in [-0.2, -0.15) is 5.26 Å². The molecule has 0 unspecified atom stereocenters. The van der Waals surface area contributed by atoms with Crippen LogP contribution in [-0.4, -0.2) is 48.5 Å². The number of anilines is 1. The van der Waals surface area contributed by atoms with Crippen molar-refractivity contribution in [2.45, 2.75) is 25.0 Å². The maximum absolute atomic E-state index is 14.8. The Balaban J connectivity index is 1.53. The third kappa shape index (κ3) is 4.51. The van der Waals surface area contributed by atoms with E-state index in [0.29, 0.717) is 30.1 Å². The van der Waals surface area contributed by atoms with Crippen molar-refractivity contribution in [2.75, 3.05) is 31.2 Å². The number of nitrogens with zero attached hydrogens (tertiary/aromatic N) is 3. The Kier molecular flexibility index (Phi) is 6.32. The summed E-state index contributed by atoms with van der Waals surface area (Å²) in [5, 5.41) is 21.0. The Labute approximate surface area is 219 Å². The van der Waals surface area contributed by atoms with Crippen LogP contribution >= 0.6 is 0 Å². The topological polar surface area (TPSA) is 105 Å². The van der Waals surface area contributed by atoms with Crippen molar-refractivity contribution in [2.24, 2.45) is 5.73 Å². The van der Waals surface area contributed by atoms with Crippen LogP contribution < -0.4 is 15.4 Å². The van der Waals surface area contributed by atoms with E-state index in [1.54, 1.807) is 24.4 Å². The molecule has 7 nitrogen and oxygen atoms in total. The number of benzene rings is 3. The third-order valence-corrected chi connectivity index (χ3v) is 7.26. The standard InChI is InChI=1S/C30H27FN4O3/c31-21-10-20(11-23(13-21)38-24-16-37-17-24)27-15-34-28-5-4-18(25-3-1-2-19(14-32)30(25)36)12-26(28)29(27)35-8-6-22(33)7-9-35/h1-5,10-13,15,22,24,36H,6-9,16-17,33H2. The van der Waals surface area contributed by atoms with E-state index in [0.717, 1.165) is 53.6 Å². The summed E-state index contributed by atoms with van der Waals surface area (Å²) in [6.45, 7) is 2.49.